The molecule has 0 radical (unpaired) electrons. The molecule has 0 bridgehead atoms. The summed E-state index contributed by atoms with van der Waals surface area (Å²) in [6.07, 6.45) is 2.92. The molecule has 2 aromatic carbocycles. The molecule has 2 N–H and O–H groups in total. The Balaban J connectivity index is 1.38. The van der Waals surface area contributed by atoms with E-state index in [1.165, 1.54) is 18.6 Å². The molecule has 2 aromatic rings. The number of piperidine rings is 1. The average Bonchev–Trinajstić information content (AvgIpc) is 3.29. The monoisotopic (exact) mass is 424 g/mol. The fourth-order valence-electron chi connectivity index (χ4n) is 4.64. The van der Waals surface area contributed by atoms with Crippen LogP contribution >= 0.6 is 0 Å². The summed E-state index contributed by atoms with van der Waals surface area (Å²) in [5.74, 6) is 1.19. The molecule has 8 nitrogen and oxygen atoms in total. The van der Waals surface area contributed by atoms with E-state index in [9.17, 15) is 14.9 Å². The number of rotatable bonds is 6. The molecule has 8 heteroatoms. The number of anilines is 1. The Hall–Kier alpha value is -2.97. The number of hydrogen-bond acceptors (Lipinski definition) is 7. The van der Waals surface area contributed by atoms with Crippen molar-refractivity contribution in [1.82, 2.24) is 10.9 Å². The topological polar surface area (TPSA) is 96.7 Å². The normalized spacial score (nSPS) is 21.8. The summed E-state index contributed by atoms with van der Waals surface area (Å²) in [6, 6.07) is 13.5. The van der Waals surface area contributed by atoms with E-state index in [1.807, 2.05) is 12.1 Å². The number of methoxy groups -OCH3 is 1. The Bertz CT molecular complexity index is 955. The molecule has 0 amide bonds. The Morgan fingerprint density at radius 1 is 1.13 bits per heavy atom. The minimum absolute atomic E-state index is 0.00591. The smallest absolute Gasteiger partial charge is 0.293 e. The number of hydrazine groups is 1. The highest BCUT2D eigenvalue weighted by Crippen LogP contribution is 2.35. The lowest BCUT2D eigenvalue weighted by molar-refractivity contribution is -0.384. The number of nitro benzene ring substituents is 1. The maximum Gasteiger partial charge on any atom is 0.293 e. The Morgan fingerprint density at radius 3 is 2.45 bits per heavy atom. The summed E-state index contributed by atoms with van der Waals surface area (Å²) in [5, 5.41) is 11.6. The Morgan fingerprint density at radius 2 is 1.84 bits per heavy atom. The standard InChI is InChI=1S/C23H28N4O4/c1-15(28)18-5-8-22(23(13-18)27(29)30)26-11-9-17(10-12-26)21-14-20(24-25-21)16-3-6-19(31-2)7-4-16/h3-8,13,17,20-21,24-25H,9-12,14H2,1-2H3. The van der Waals surface area contributed by atoms with Gasteiger partial charge < -0.3 is 9.64 Å². The quantitative estimate of drug-likeness (QED) is 0.415. The van der Waals surface area contributed by atoms with Crippen LogP contribution in [0.15, 0.2) is 42.5 Å². The number of benzene rings is 2. The number of Topliss-reactive ketones (excluding diaryl/α,β-unsaturated/α-hetero) is 1. The first-order valence-corrected chi connectivity index (χ1v) is 10.7. The molecule has 164 valence electrons. The second kappa shape index (κ2) is 9.03. The van der Waals surface area contributed by atoms with Gasteiger partial charge in [0.1, 0.15) is 11.4 Å². The van der Waals surface area contributed by atoms with E-state index in [0.29, 0.717) is 23.2 Å². The minimum Gasteiger partial charge on any atom is -0.497 e. The van der Waals surface area contributed by atoms with Gasteiger partial charge in [0.05, 0.1) is 12.0 Å². The van der Waals surface area contributed by atoms with Crippen LogP contribution in [0.4, 0.5) is 11.4 Å². The van der Waals surface area contributed by atoms with Crippen molar-refractivity contribution in [3.8, 4) is 5.75 Å². The summed E-state index contributed by atoms with van der Waals surface area (Å²) in [5.41, 5.74) is 9.09. The van der Waals surface area contributed by atoms with Gasteiger partial charge >= 0.3 is 0 Å². The van der Waals surface area contributed by atoms with E-state index in [-0.39, 0.29) is 17.5 Å². The Kier molecular flexibility index (Phi) is 6.20. The zero-order valence-electron chi connectivity index (χ0n) is 17.8. The van der Waals surface area contributed by atoms with Crippen LogP contribution in [-0.4, -0.2) is 36.9 Å². The fourth-order valence-corrected chi connectivity index (χ4v) is 4.64. The van der Waals surface area contributed by atoms with Crippen LogP contribution in [0.5, 0.6) is 5.75 Å². The van der Waals surface area contributed by atoms with Crippen molar-refractivity contribution in [2.24, 2.45) is 5.92 Å². The lowest BCUT2D eigenvalue weighted by Crippen LogP contribution is -2.43. The second-order valence-electron chi connectivity index (χ2n) is 8.30. The number of hydrogen-bond donors (Lipinski definition) is 2. The minimum atomic E-state index is -0.393. The molecule has 0 aromatic heterocycles. The van der Waals surface area contributed by atoms with Gasteiger partial charge in [0.25, 0.3) is 5.69 Å². The first kappa shape index (κ1) is 21.3. The van der Waals surface area contributed by atoms with Gasteiger partial charge in [-0.1, -0.05) is 12.1 Å². The van der Waals surface area contributed by atoms with Crippen LogP contribution in [0.25, 0.3) is 0 Å². The van der Waals surface area contributed by atoms with Gasteiger partial charge in [-0.2, -0.15) is 0 Å². The third-order valence-corrected chi connectivity index (χ3v) is 6.48. The third-order valence-electron chi connectivity index (χ3n) is 6.48. The summed E-state index contributed by atoms with van der Waals surface area (Å²) >= 11 is 0. The summed E-state index contributed by atoms with van der Waals surface area (Å²) < 4.78 is 5.24. The first-order valence-electron chi connectivity index (χ1n) is 10.7. The van der Waals surface area contributed by atoms with Gasteiger partial charge in [-0.25, -0.2) is 0 Å². The molecule has 0 saturated carbocycles. The average molecular weight is 425 g/mol. The van der Waals surface area contributed by atoms with Crippen molar-refractivity contribution >= 4 is 17.2 Å². The lowest BCUT2D eigenvalue weighted by Gasteiger charge is -2.35. The van der Waals surface area contributed by atoms with E-state index in [4.69, 9.17) is 4.74 Å². The molecule has 2 fully saturated rings. The van der Waals surface area contributed by atoms with Crippen LogP contribution in [-0.2, 0) is 0 Å². The largest absolute Gasteiger partial charge is 0.497 e. The molecule has 31 heavy (non-hydrogen) atoms. The number of nitrogens with zero attached hydrogens (tertiary/aromatic N) is 2. The first-order chi connectivity index (χ1) is 15.0. The van der Waals surface area contributed by atoms with Crippen LogP contribution < -0.4 is 20.5 Å². The summed E-state index contributed by atoms with van der Waals surface area (Å²) in [7, 11) is 1.67. The SMILES string of the molecule is COc1ccc(C2CC(C3CCN(c4ccc(C(C)=O)cc4[N+](=O)[O-])CC3)NN2)cc1. The van der Waals surface area contributed by atoms with Gasteiger partial charge in [-0.15, -0.1) is 0 Å². The van der Waals surface area contributed by atoms with E-state index >= 15 is 0 Å². The lowest BCUT2D eigenvalue weighted by atomic mass is 9.86. The van der Waals surface area contributed by atoms with Crippen molar-refractivity contribution < 1.29 is 14.5 Å². The number of carbonyl (C=O) groups is 1. The van der Waals surface area contributed by atoms with E-state index < -0.39 is 4.92 Å². The molecule has 2 aliphatic heterocycles. The maximum atomic E-state index is 11.6. The maximum absolute atomic E-state index is 11.6. The van der Waals surface area contributed by atoms with Gasteiger partial charge in [-0.3, -0.25) is 25.8 Å². The highest BCUT2D eigenvalue weighted by molar-refractivity contribution is 5.95. The van der Waals surface area contributed by atoms with Crippen molar-refractivity contribution in [3.63, 3.8) is 0 Å². The zero-order chi connectivity index (χ0) is 22.0. The fraction of sp³-hybridized carbons (Fsp3) is 0.435. The molecule has 0 spiro atoms. The summed E-state index contributed by atoms with van der Waals surface area (Å²) in [4.78, 5) is 24.8. The van der Waals surface area contributed by atoms with Crippen molar-refractivity contribution in [3.05, 3.63) is 63.7 Å². The van der Waals surface area contributed by atoms with Crippen LogP contribution in [0.3, 0.4) is 0 Å². The van der Waals surface area contributed by atoms with Gasteiger partial charge in [0, 0.05) is 36.8 Å². The van der Waals surface area contributed by atoms with E-state index in [0.717, 1.165) is 38.1 Å². The molecule has 2 aliphatic rings. The Labute approximate surface area is 181 Å². The summed E-state index contributed by atoms with van der Waals surface area (Å²) in [6.45, 7) is 2.94. The van der Waals surface area contributed by atoms with Crippen molar-refractivity contribution in [2.75, 3.05) is 25.1 Å². The second-order valence-corrected chi connectivity index (χ2v) is 8.30. The predicted molar refractivity (Wildman–Crippen MR) is 118 cm³/mol. The molecule has 0 aliphatic carbocycles. The highest BCUT2D eigenvalue weighted by Gasteiger charge is 2.34. The molecular weight excluding hydrogens is 396 g/mol. The number of nitrogens with one attached hydrogen (secondary N) is 2. The number of ketones is 1. The highest BCUT2D eigenvalue weighted by atomic mass is 16.6. The van der Waals surface area contributed by atoms with Gasteiger partial charge in [0.2, 0.25) is 0 Å². The molecule has 2 saturated heterocycles. The predicted octanol–water partition coefficient (Wildman–Crippen LogP) is 3.63. The third kappa shape index (κ3) is 4.55. The van der Waals surface area contributed by atoms with Crippen LogP contribution in [0.1, 0.15) is 48.1 Å². The van der Waals surface area contributed by atoms with E-state index in [1.54, 1.807) is 19.2 Å². The van der Waals surface area contributed by atoms with Crippen molar-refractivity contribution in [2.45, 2.75) is 38.3 Å². The number of ether oxygens (including phenoxy) is 1. The van der Waals surface area contributed by atoms with Crippen molar-refractivity contribution in [1.29, 1.82) is 0 Å². The number of nitro groups is 1. The molecular formula is C23H28N4O4. The molecule has 4 rings (SSSR count). The van der Waals surface area contributed by atoms with Crippen LogP contribution in [0, 0.1) is 16.0 Å². The molecule has 2 heterocycles. The molecule has 2 unspecified atom stereocenters. The molecule has 2 atom stereocenters. The van der Waals surface area contributed by atoms with E-state index in [2.05, 4.69) is 27.9 Å². The zero-order valence-corrected chi connectivity index (χ0v) is 17.8. The van der Waals surface area contributed by atoms with Gasteiger partial charge in [0.15, 0.2) is 5.78 Å². The number of carbonyl (C=O) groups excluding carboxylic acids is 1. The van der Waals surface area contributed by atoms with Gasteiger partial charge in [-0.05, 0) is 61.9 Å². The van der Waals surface area contributed by atoms with Crippen LogP contribution in [0.2, 0.25) is 0 Å².